The maximum Gasteiger partial charge on any atom is 0.252 e. The average Bonchev–Trinajstić information content (AvgIpc) is 2.11. The van der Waals surface area contributed by atoms with Gasteiger partial charge in [-0.2, -0.15) is 0 Å². The predicted octanol–water partition coefficient (Wildman–Crippen LogP) is 1.41. The molecule has 0 aromatic rings. The largest absolute Gasteiger partial charge is 0.355 e. The Kier molecular flexibility index (Phi) is 5.04. The number of rotatable bonds is 3. The minimum absolute atomic E-state index is 0.0724. The first kappa shape index (κ1) is 11.9. The van der Waals surface area contributed by atoms with Crippen LogP contribution in [-0.4, -0.2) is 26.2 Å². The van der Waals surface area contributed by atoms with Gasteiger partial charge in [0.1, 0.15) is 0 Å². The van der Waals surface area contributed by atoms with Crippen molar-refractivity contribution in [1.29, 1.82) is 0 Å². The number of carbonyl (C=O) groups is 1. The van der Waals surface area contributed by atoms with E-state index in [9.17, 15) is 4.79 Å². The van der Waals surface area contributed by atoms with E-state index in [0.29, 0.717) is 11.5 Å². The van der Waals surface area contributed by atoms with E-state index < -0.39 is 0 Å². The molecule has 0 aliphatic carbocycles. The molecule has 3 heteroatoms. The van der Waals surface area contributed by atoms with Crippen LogP contribution in [0.3, 0.4) is 0 Å². The van der Waals surface area contributed by atoms with Crippen molar-refractivity contribution >= 4 is 12.1 Å². The van der Waals surface area contributed by atoms with Gasteiger partial charge in [-0.05, 0) is 12.8 Å². The molecule has 0 rings (SSSR count). The molecular formula is C10H18N2O. The summed E-state index contributed by atoms with van der Waals surface area (Å²) in [6.07, 6.45) is 1.61. The minimum atomic E-state index is -0.0724. The molecule has 0 heterocycles. The first-order chi connectivity index (χ1) is 6.04. The fraction of sp³-hybridized carbons (Fsp3) is 0.600. The van der Waals surface area contributed by atoms with Crippen LogP contribution in [-0.2, 0) is 4.79 Å². The number of nitrogens with one attached hydrogen (secondary N) is 1. The summed E-state index contributed by atoms with van der Waals surface area (Å²) in [7, 11) is 3.29. The lowest BCUT2D eigenvalue weighted by Gasteiger charge is -2.09. The van der Waals surface area contributed by atoms with Crippen molar-refractivity contribution in [3.8, 4) is 0 Å². The standard InChI is InChI=1S/C10H18N2O/c1-7(2)8(3)9(6-11-4)10(13)12-5/h6-7H,1-5H3,(H,12,13)/b9-8-,11-6-. The molecule has 0 fully saturated rings. The molecule has 0 saturated carbocycles. The Bertz CT molecular complexity index is 239. The van der Waals surface area contributed by atoms with Crippen molar-refractivity contribution in [2.75, 3.05) is 14.1 Å². The third-order valence-corrected chi connectivity index (χ3v) is 2.02. The summed E-state index contributed by atoms with van der Waals surface area (Å²) < 4.78 is 0. The van der Waals surface area contributed by atoms with E-state index in [1.807, 2.05) is 6.92 Å². The lowest BCUT2D eigenvalue weighted by atomic mass is 9.99. The van der Waals surface area contributed by atoms with Crippen molar-refractivity contribution in [1.82, 2.24) is 5.32 Å². The Hall–Kier alpha value is -1.12. The second kappa shape index (κ2) is 5.51. The molecule has 0 atom stereocenters. The van der Waals surface area contributed by atoms with Crippen LogP contribution in [0, 0.1) is 5.92 Å². The van der Waals surface area contributed by atoms with E-state index in [1.54, 1.807) is 20.3 Å². The number of allylic oxidation sites excluding steroid dienone is 1. The van der Waals surface area contributed by atoms with E-state index in [4.69, 9.17) is 0 Å². The van der Waals surface area contributed by atoms with Crippen LogP contribution in [0.25, 0.3) is 0 Å². The quantitative estimate of drug-likeness (QED) is 0.520. The van der Waals surface area contributed by atoms with Crippen LogP contribution < -0.4 is 5.32 Å². The normalized spacial score (nSPS) is 13.4. The second-order valence-corrected chi connectivity index (χ2v) is 3.22. The van der Waals surface area contributed by atoms with Gasteiger partial charge in [0.05, 0.1) is 5.57 Å². The molecule has 0 aromatic carbocycles. The molecule has 0 bridgehead atoms. The van der Waals surface area contributed by atoms with Gasteiger partial charge in [0, 0.05) is 20.3 Å². The maximum atomic E-state index is 11.4. The van der Waals surface area contributed by atoms with Gasteiger partial charge in [-0.3, -0.25) is 9.79 Å². The van der Waals surface area contributed by atoms with E-state index in [1.165, 1.54) is 0 Å². The van der Waals surface area contributed by atoms with Gasteiger partial charge in [-0.25, -0.2) is 0 Å². The minimum Gasteiger partial charge on any atom is -0.355 e. The third-order valence-electron chi connectivity index (χ3n) is 2.02. The Morgan fingerprint density at radius 1 is 1.46 bits per heavy atom. The second-order valence-electron chi connectivity index (χ2n) is 3.22. The van der Waals surface area contributed by atoms with Gasteiger partial charge in [0.2, 0.25) is 0 Å². The molecule has 74 valence electrons. The highest BCUT2D eigenvalue weighted by atomic mass is 16.1. The lowest BCUT2D eigenvalue weighted by molar-refractivity contribution is -0.116. The number of amides is 1. The molecule has 1 amide bonds. The van der Waals surface area contributed by atoms with Crippen LogP contribution in [0.1, 0.15) is 20.8 Å². The number of likely N-dealkylation sites (N-methyl/N-ethyl adjacent to an activating group) is 1. The van der Waals surface area contributed by atoms with Gasteiger partial charge in [0.15, 0.2) is 0 Å². The zero-order valence-electron chi connectivity index (χ0n) is 9.01. The fourth-order valence-electron chi connectivity index (χ4n) is 0.914. The molecule has 0 radical (unpaired) electrons. The summed E-state index contributed by atoms with van der Waals surface area (Å²) >= 11 is 0. The van der Waals surface area contributed by atoms with Crippen LogP contribution in [0.15, 0.2) is 16.1 Å². The molecule has 0 aromatic heterocycles. The number of hydrogen-bond acceptors (Lipinski definition) is 2. The average molecular weight is 182 g/mol. The molecule has 0 unspecified atom stereocenters. The van der Waals surface area contributed by atoms with Gasteiger partial charge in [-0.1, -0.05) is 19.4 Å². The first-order valence-electron chi connectivity index (χ1n) is 4.39. The molecule has 3 nitrogen and oxygen atoms in total. The summed E-state index contributed by atoms with van der Waals surface area (Å²) in [5, 5.41) is 2.60. The number of aliphatic imine (C=N–C) groups is 1. The van der Waals surface area contributed by atoms with Crippen LogP contribution >= 0.6 is 0 Å². The predicted molar refractivity (Wildman–Crippen MR) is 56.0 cm³/mol. The van der Waals surface area contributed by atoms with Crippen molar-refractivity contribution in [3.63, 3.8) is 0 Å². The zero-order valence-corrected chi connectivity index (χ0v) is 9.01. The Morgan fingerprint density at radius 2 is 2.00 bits per heavy atom. The van der Waals surface area contributed by atoms with E-state index in [-0.39, 0.29) is 5.91 Å². The van der Waals surface area contributed by atoms with Gasteiger partial charge < -0.3 is 5.32 Å². The monoisotopic (exact) mass is 182 g/mol. The number of hydrogen-bond donors (Lipinski definition) is 1. The van der Waals surface area contributed by atoms with E-state index in [2.05, 4.69) is 24.2 Å². The molecule has 0 aliphatic rings. The molecule has 0 spiro atoms. The Labute approximate surface area is 79.9 Å². The summed E-state index contributed by atoms with van der Waals surface area (Å²) in [6, 6.07) is 0. The first-order valence-corrected chi connectivity index (χ1v) is 4.39. The summed E-state index contributed by atoms with van der Waals surface area (Å²) in [5.74, 6) is 0.294. The Balaban J connectivity index is 4.99. The van der Waals surface area contributed by atoms with Crippen LogP contribution in [0.4, 0.5) is 0 Å². The van der Waals surface area contributed by atoms with Crippen molar-refractivity contribution < 1.29 is 4.79 Å². The SMILES string of the molecule is C/N=C\C(C(=O)NC)=C(/C)C(C)C. The van der Waals surface area contributed by atoms with E-state index in [0.717, 1.165) is 5.57 Å². The van der Waals surface area contributed by atoms with Gasteiger partial charge >= 0.3 is 0 Å². The summed E-state index contributed by atoms with van der Waals surface area (Å²) in [4.78, 5) is 15.3. The highest BCUT2D eigenvalue weighted by Crippen LogP contribution is 2.12. The van der Waals surface area contributed by atoms with E-state index >= 15 is 0 Å². The highest BCUT2D eigenvalue weighted by molar-refractivity contribution is 6.12. The van der Waals surface area contributed by atoms with Gasteiger partial charge in [-0.15, -0.1) is 0 Å². The number of nitrogens with zero attached hydrogens (tertiary/aromatic N) is 1. The topological polar surface area (TPSA) is 41.5 Å². The summed E-state index contributed by atoms with van der Waals surface area (Å²) in [5.41, 5.74) is 1.73. The zero-order chi connectivity index (χ0) is 10.4. The number of carbonyl (C=O) groups excluding carboxylic acids is 1. The molecule has 1 N–H and O–H groups in total. The summed E-state index contributed by atoms with van der Waals surface area (Å²) in [6.45, 7) is 6.07. The van der Waals surface area contributed by atoms with Crippen LogP contribution in [0.5, 0.6) is 0 Å². The lowest BCUT2D eigenvalue weighted by Crippen LogP contribution is -2.22. The van der Waals surface area contributed by atoms with Crippen LogP contribution in [0.2, 0.25) is 0 Å². The van der Waals surface area contributed by atoms with Crippen molar-refractivity contribution in [2.45, 2.75) is 20.8 Å². The smallest absolute Gasteiger partial charge is 0.252 e. The molecule has 0 aliphatic heterocycles. The van der Waals surface area contributed by atoms with Crippen molar-refractivity contribution in [3.05, 3.63) is 11.1 Å². The molecular weight excluding hydrogens is 164 g/mol. The highest BCUT2D eigenvalue weighted by Gasteiger charge is 2.10. The van der Waals surface area contributed by atoms with Crippen molar-refractivity contribution in [2.24, 2.45) is 10.9 Å². The maximum absolute atomic E-state index is 11.4. The third kappa shape index (κ3) is 3.40. The Morgan fingerprint density at radius 3 is 2.31 bits per heavy atom. The fourth-order valence-corrected chi connectivity index (χ4v) is 0.914. The molecule has 13 heavy (non-hydrogen) atoms. The van der Waals surface area contributed by atoms with Gasteiger partial charge in [0.25, 0.3) is 5.91 Å². The molecule has 0 saturated heterocycles.